The molecule has 0 heterocycles. The van der Waals surface area contributed by atoms with E-state index in [2.05, 4.69) is 0 Å². The summed E-state index contributed by atoms with van der Waals surface area (Å²) in [6.07, 6.45) is -0.652. The third-order valence-corrected chi connectivity index (χ3v) is 2.94. The molecule has 4 atom stereocenters. The molecule has 0 aromatic carbocycles. The maximum atomic E-state index is 9.57. The molecule has 0 saturated heterocycles. The summed E-state index contributed by atoms with van der Waals surface area (Å²) in [6, 6.07) is 0. The fourth-order valence-corrected chi connectivity index (χ4v) is 2.01. The van der Waals surface area contributed by atoms with E-state index in [0.717, 1.165) is 6.42 Å². The molecule has 0 unspecified atom stereocenters. The van der Waals surface area contributed by atoms with Gasteiger partial charge in [-0.1, -0.05) is 13.8 Å². The Labute approximate surface area is 73.0 Å². The molecular formula is C9H18O3. The van der Waals surface area contributed by atoms with Gasteiger partial charge in [-0.15, -0.1) is 0 Å². The first-order valence-electron chi connectivity index (χ1n) is 4.55. The van der Waals surface area contributed by atoms with Crippen LogP contribution in [-0.4, -0.2) is 34.1 Å². The molecule has 0 bridgehead atoms. The van der Waals surface area contributed by atoms with E-state index in [1.807, 2.05) is 13.8 Å². The van der Waals surface area contributed by atoms with Gasteiger partial charge in [-0.3, -0.25) is 0 Å². The van der Waals surface area contributed by atoms with Gasteiger partial charge >= 0.3 is 0 Å². The van der Waals surface area contributed by atoms with E-state index in [0.29, 0.717) is 5.92 Å². The van der Waals surface area contributed by atoms with E-state index in [4.69, 9.17) is 5.11 Å². The number of aliphatic hydroxyl groups excluding tert-OH is 3. The zero-order chi connectivity index (χ0) is 9.30. The van der Waals surface area contributed by atoms with Gasteiger partial charge in [0, 0.05) is 12.5 Å². The standard InChI is InChI=1S/C9H18O3/c1-5(2)7-3-6(4-10)8(11)9(7)12/h5-12H,3-4H2,1-2H3/t6-,7+,8-,9+/m1/s1. The van der Waals surface area contributed by atoms with Crippen molar-refractivity contribution >= 4 is 0 Å². The van der Waals surface area contributed by atoms with Crippen molar-refractivity contribution in [1.29, 1.82) is 0 Å². The molecule has 3 heteroatoms. The van der Waals surface area contributed by atoms with Crippen molar-refractivity contribution in [2.75, 3.05) is 6.61 Å². The molecule has 1 aliphatic carbocycles. The predicted octanol–water partition coefficient (Wildman–Crippen LogP) is -0.00740. The number of hydrogen-bond acceptors (Lipinski definition) is 3. The lowest BCUT2D eigenvalue weighted by Crippen LogP contribution is -2.30. The predicted molar refractivity (Wildman–Crippen MR) is 45.5 cm³/mol. The number of hydrogen-bond donors (Lipinski definition) is 3. The van der Waals surface area contributed by atoms with Gasteiger partial charge < -0.3 is 15.3 Å². The molecule has 1 saturated carbocycles. The highest BCUT2D eigenvalue weighted by atomic mass is 16.3. The van der Waals surface area contributed by atoms with Crippen LogP contribution in [0.15, 0.2) is 0 Å². The third kappa shape index (κ3) is 1.63. The minimum atomic E-state index is -0.734. The molecule has 3 N–H and O–H groups in total. The highest BCUT2D eigenvalue weighted by Gasteiger charge is 2.41. The molecule has 0 aromatic rings. The van der Waals surface area contributed by atoms with Crippen LogP contribution in [0.4, 0.5) is 0 Å². The van der Waals surface area contributed by atoms with Crippen LogP contribution in [0.5, 0.6) is 0 Å². The second-order valence-corrected chi connectivity index (χ2v) is 4.07. The Kier molecular flexibility index (Phi) is 3.09. The van der Waals surface area contributed by atoms with Gasteiger partial charge in [-0.25, -0.2) is 0 Å². The van der Waals surface area contributed by atoms with Crippen molar-refractivity contribution in [3.8, 4) is 0 Å². The smallest absolute Gasteiger partial charge is 0.0852 e. The van der Waals surface area contributed by atoms with E-state index in [9.17, 15) is 10.2 Å². The van der Waals surface area contributed by atoms with Crippen molar-refractivity contribution in [2.24, 2.45) is 17.8 Å². The van der Waals surface area contributed by atoms with Crippen molar-refractivity contribution in [3.63, 3.8) is 0 Å². The molecule has 0 radical (unpaired) electrons. The van der Waals surface area contributed by atoms with Crippen LogP contribution < -0.4 is 0 Å². The lowest BCUT2D eigenvalue weighted by atomic mass is 9.92. The molecular weight excluding hydrogens is 156 g/mol. The highest BCUT2D eigenvalue weighted by Crippen LogP contribution is 2.35. The zero-order valence-corrected chi connectivity index (χ0v) is 7.64. The maximum Gasteiger partial charge on any atom is 0.0852 e. The lowest BCUT2D eigenvalue weighted by molar-refractivity contribution is -0.0120. The summed E-state index contributed by atoms with van der Waals surface area (Å²) in [5.41, 5.74) is 0. The fraction of sp³-hybridized carbons (Fsp3) is 1.00. The molecule has 0 aromatic heterocycles. The summed E-state index contributed by atoms with van der Waals surface area (Å²) < 4.78 is 0. The lowest BCUT2D eigenvalue weighted by Gasteiger charge is -2.19. The third-order valence-electron chi connectivity index (χ3n) is 2.94. The van der Waals surface area contributed by atoms with Crippen molar-refractivity contribution in [1.82, 2.24) is 0 Å². The second-order valence-electron chi connectivity index (χ2n) is 4.07. The van der Waals surface area contributed by atoms with Crippen LogP contribution in [0.25, 0.3) is 0 Å². The summed E-state index contributed by atoms with van der Waals surface area (Å²) in [6.45, 7) is 4.03. The van der Waals surface area contributed by atoms with Gasteiger partial charge in [-0.2, -0.15) is 0 Å². The quantitative estimate of drug-likeness (QED) is 0.552. The summed E-state index contributed by atoms with van der Waals surface area (Å²) in [7, 11) is 0. The highest BCUT2D eigenvalue weighted by molar-refractivity contribution is 4.91. The van der Waals surface area contributed by atoms with Crippen LogP contribution in [0.2, 0.25) is 0 Å². The van der Waals surface area contributed by atoms with Crippen LogP contribution >= 0.6 is 0 Å². The Morgan fingerprint density at radius 1 is 1.25 bits per heavy atom. The minimum Gasteiger partial charge on any atom is -0.396 e. The van der Waals surface area contributed by atoms with E-state index >= 15 is 0 Å². The monoisotopic (exact) mass is 174 g/mol. The van der Waals surface area contributed by atoms with Crippen LogP contribution in [-0.2, 0) is 0 Å². The average molecular weight is 174 g/mol. The summed E-state index contributed by atoms with van der Waals surface area (Å²) in [4.78, 5) is 0. The Balaban J connectivity index is 2.60. The van der Waals surface area contributed by atoms with Gasteiger partial charge in [0.2, 0.25) is 0 Å². The first-order valence-corrected chi connectivity index (χ1v) is 4.55. The Morgan fingerprint density at radius 2 is 1.83 bits per heavy atom. The van der Waals surface area contributed by atoms with Crippen LogP contribution in [0, 0.1) is 17.8 Å². The molecule has 0 spiro atoms. The molecule has 12 heavy (non-hydrogen) atoms. The normalized spacial score (nSPS) is 42.5. The van der Waals surface area contributed by atoms with E-state index < -0.39 is 12.2 Å². The summed E-state index contributed by atoms with van der Waals surface area (Å²) in [5.74, 6) is 0.371. The second kappa shape index (κ2) is 3.73. The van der Waals surface area contributed by atoms with Crippen molar-refractivity contribution in [2.45, 2.75) is 32.5 Å². The Bertz CT molecular complexity index is 147. The average Bonchev–Trinajstić information content (AvgIpc) is 2.30. The van der Waals surface area contributed by atoms with Crippen molar-refractivity contribution < 1.29 is 15.3 Å². The first kappa shape index (κ1) is 9.96. The first-order chi connectivity index (χ1) is 5.57. The summed E-state index contributed by atoms with van der Waals surface area (Å²) in [5, 5.41) is 27.9. The maximum absolute atomic E-state index is 9.57. The minimum absolute atomic E-state index is 0.0263. The molecule has 1 aliphatic rings. The van der Waals surface area contributed by atoms with E-state index in [1.165, 1.54) is 0 Å². The molecule has 3 nitrogen and oxygen atoms in total. The van der Waals surface area contributed by atoms with Gasteiger partial charge in [0.1, 0.15) is 0 Å². The molecule has 0 amide bonds. The Hall–Kier alpha value is -0.120. The fourth-order valence-electron chi connectivity index (χ4n) is 2.01. The number of aliphatic hydroxyl groups is 3. The largest absolute Gasteiger partial charge is 0.396 e. The molecule has 1 rings (SSSR count). The van der Waals surface area contributed by atoms with Gasteiger partial charge in [-0.05, 0) is 18.3 Å². The van der Waals surface area contributed by atoms with E-state index in [1.54, 1.807) is 0 Å². The number of rotatable bonds is 2. The van der Waals surface area contributed by atoms with Crippen LogP contribution in [0.3, 0.4) is 0 Å². The topological polar surface area (TPSA) is 60.7 Å². The van der Waals surface area contributed by atoms with E-state index in [-0.39, 0.29) is 18.4 Å². The molecule has 1 fully saturated rings. The summed E-state index contributed by atoms with van der Waals surface area (Å²) >= 11 is 0. The van der Waals surface area contributed by atoms with Gasteiger partial charge in [0.05, 0.1) is 12.2 Å². The molecule has 0 aliphatic heterocycles. The molecule has 72 valence electrons. The van der Waals surface area contributed by atoms with Gasteiger partial charge in [0.25, 0.3) is 0 Å². The van der Waals surface area contributed by atoms with Crippen LogP contribution in [0.1, 0.15) is 20.3 Å². The Morgan fingerprint density at radius 3 is 2.08 bits per heavy atom. The van der Waals surface area contributed by atoms with Gasteiger partial charge in [0.15, 0.2) is 0 Å². The van der Waals surface area contributed by atoms with Crippen molar-refractivity contribution in [3.05, 3.63) is 0 Å². The zero-order valence-electron chi connectivity index (χ0n) is 7.64. The SMILES string of the molecule is CC(C)[C@@H]1C[C@H](CO)[C@@H](O)[C@H]1O.